The first-order chi connectivity index (χ1) is 13.3. The van der Waals surface area contributed by atoms with Gasteiger partial charge in [-0.15, -0.1) is 0 Å². The number of nitrogens with one attached hydrogen (secondary N) is 1. The van der Waals surface area contributed by atoms with E-state index in [0.717, 1.165) is 0 Å². The summed E-state index contributed by atoms with van der Waals surface area (Å²) >= 11 is 6.04. The average molecular weight is 407 g/mol. The third-order valence-corrected chi connectivity index (χ3v) is 4.62. The maximum Gasteiger partial charge on any atom is 0.310 e. The Balaban J connectivity index is 1.87. The number of halogens is 3. The zero-order chi connectivity index (χ0) is 20.4. The Morgan fingerprint density at radius 3 is 2.68 bits per heavy atom. The molecule has 0 bridgehead atoms. The predicted octanol–water partition coefficient (Wildman–Crippen LogP) is 4.47. The van der Waals surface area contributed by atoms with Crippen molar-refractivity contribution in [2.24, 2.45) is 7.05 Å². The molecule has 0 fully saturated rings. The summed E-state index contributed by atoms with van der Waals surface area (Å²) in [4.78, 5) is 24.2. The first-order valence-corrected chi connectivity index (χ1v) is 8.88. The van der Waals surface area contributed by atoms with Crippen molar-refractivity contribution in [1.29, 1.82) is 0 Å². The molecule has 0 saturated heterocycles. The number of amides is 1. The second-order valence-corrected chi connectivity index (χ2v) is 6.53. The first kappa shape index (κ1) is 19.8. The van der Waals surface area contributed by atoms with Crippen LogP contribution in [0.1, 0.15) is 22.8 Å². The number of carbonyl (C=O) groups is 2. The molecule has 0 aliphatic carbocycles. The Labute approximate surface area is 164 Å². The molecule has 1 heterocycles. The number of carbonyl (C=O) groups excluding carboxylic acids is 2. The minimum Gasteiger partial charge on any atom is -0.466 e. The fraction of sp³-hybridized carbons (Fsp3) is 0.200. The van der Waals surface area contributed by atoms with Gasteiger partial charge in [0.15, 0.2) is 0 Å². The zero-order valence-electron chi connectivity index (χ0n) is 15.2. The highest BCUT2D eigenvalue weighted by atomic mass is 35.5. The van der Waals surface area contributed by atoms with Crippen molar-refractivity contribution in [2.45, 2.75) is 13.3 Å². The minimum atomic E-state index is -0.799. The molecule has 0 aliphatic rings. The van der Waals surface area contributed by atoms with E-state index in [2.05, 4.69) is 5.32 Å². The number of fused-ring (bicyclic) bond motifs is 1. The molecule has 0 radical (unpaired) electrons. The SMILES string of the molecule is CCOC(=O)Cc1ccc(NC(=O)c2cn(C)c3cc(F)ccc23)c(Cl)c1F. The van der Waals surface area contributed by atoms with Gasteiger partial charge in [0.2, 0.25) is 0 Å². The number of benzene rings is 2. The van der Waals surface area contributed by atoms with Gasteiger partial charge in [-0.3, -0.25) is 9.59 Å². The van der Waals surface area contributed by atoms with E-state index >= 15 is 0 Å². The molecule has 8 heteroatoms. The molecular formula is C20H17ClF2N2O3. The second kappa shape index (κ2) is 7.98. The van der Waals surface area contributed by atoms with Crippen molar-refractivity contribution in [3.8, 4) is 0 Å². The van der Waals surface area contributed by atoms with E-state index in [4.69, 9.17) is 16.3 Å². The lowest BCUT2D eigenvalue weighted by Crippen LogP contribution is -2.13. The fourth-order valence-electron chi connectivity index (χ4n) is 2.92. The highest BCUT2D eigenvalue weighted by molar-refractivity contribution is 6.34. The normalized spacial score (nSPS) is 10.9. The summed E-state index contributed by atoms with van der Waals surface area (Å²) in [5.74, 6) is -2.30. The Hall–Kier alpha value is -2.93. The van der Waals surface area contributed by atoms with Crippen LogP contribution in [0.15, 0.2) is 36.5 Å². The predicted molar refractivity (Wildman–Crippen MR) is 103 cm³/mol. The summed E-state index contributed by atoms with van der Waals surface area (Å²) in [6.07, 6.45) is 1.29. The van der Waals surface area contributed by atoms with Gasteiger partial charge >= 0.3 is 5.97 Å². The Bertz CT molecular complexity index is 1080. The van der Waals surface area contributed by atoms with Crippen LogP contribution >= 0.6 is 11.6 Å². The largest absolute Gasteiger partial charge is 0.466 e. The van der Waals surface area contributed by atoms with E-state index in [1.165, 1.54) is 30.3 Å². The van der Waals surface area contributed by atoms with Crippen LogP contribution in [0, 0.1) is 11.6 Å². The molecule has 3 aromatic rings. The molecule has 28 heavy (non-hydrogen) atoms. The zero-order valence-corrected chi connectivity index (χ0v) is 15.9. The van der Waals surface area contributed by atoms with Crippen LogP contribution in [0.4, 0.5) is 14.5 Å². The van der Waals surface area contributed by atoms with Gasteiger partial charge in [-0.05, 0) is 31.2 Å². The Morgan fingerprint density at radius 2 is 1.96 bits per heavy atom. The number of anilines is 1. The molecule has 2 aromatic carbocycles. The van der Waals surface area contributed by atoms with Crippen molar-refractivity contribution in [3.63, 3.8) is 0 Å². The van der Waals surface area contributed by atoms with Crippen LogP contribution in [0.3, 0.4) is 0 Å². The summed E-state index contributed by atoms with van der Waals surface area (Å²) in [5.41, 5.74) is 0.981. The molecule has 0 aliphatic heterocycles. The minimum absolute atomic E-state index is 0.0656. The maximum atomic E-state index is 14.5. The van der Waals surface area contributed by atoms with E-state index in [-0.39, 0.29) is 29.3 Å². The lowest BCUT2D eigenvalue weighted by atomic mass is 10.1. The quantitative estimate of drug-likeness (QED) is 0.636. The van der Waals surface area contributed by atoms with Crippen molar-refractivity contribution in [2.75, 3.05) is 11.9 Å². The van der Waals surface area contributed by atoms with Gasteiger partial charge in [0.05, 0.1) is 29.8 Å². The van der Waals surface area contributed by atoms with E-state index in [1.807, 2.05) is 0 Å². The van der Waals surface area contributed by atoms with Crippen LogP contribution < -0.4 is 5.32 Å². The molecule has 3 rings (SSSR count). The van der Waals surface area contributed by atoms with Gasteiger partial charge in [-0.2, -0.15) is 0 Å². The van der Waals surface area contributed by atoms with Gasteiger partial charge in [-0.25, -0.2) is 8.78 Å². The summed E-state index contributed by atoms with van der Waals surface area (Å²) in [5, 5.41) is 2.81. The maximum absolute atomic E-state index is 14.5. The highest BCUT2D eigenvalue weighted by Gasteiger charge is 2.19. The number of rotatable bonds is 5. The van der Waals surface area contributed by atoms with E-state index in [9.17, 15) is 18.4 Å². The molecule has 1 N–H and O–H groups in total. The number of hydrogen-bond donors (Lipinski definition) is 1. The Morgan fingerprint density at radius 1 is 1.21 bits per heavy atom. The lowest BCUT2D eigenvalue weighted by Gasteiger charge is -2.10. The number of esters is 1. The molecule has 0 unspecified atom stereocenters. The van der Waals surface area contributed by atoms with Crippen LogP contribution in [0.25, 0.3) is 10.9 Å². The van der Waals surface area contributed by atoms with Gasteiger partial charge in [0, 0.05) is 24.2 Å². The number of aromatic nitrogens is 1. The standard InChI is InChI=1S/C20H17ClF2N2O3/c1-3-28-17(26)8-11-4-7-15(18(21)19(11)23)24-20(27)14-10-25(2)16-9-12(22)5-6-13(14)16/h4-7,9-10H,3,8H2,1-2H3,(H,24,27). The summed E-state index contributed by atoms with van der Waals surface area (Å²) in [6, 6.07) is 6.87. The van der Waals surface area contributed by atoms with Gasteiger partial charge in [-0.1, -0.05) is 17.7 Å². The van der Waals surface area contributed by atoms with Crippen LogP contribution in [-0.2, 0) is 23.0 Å². The van der Waals surface area contributed by atoms with Crippen LogP contribution in [0.2, 0.25) is 5.02 Å². The molecule has 0 saturated carbocycles. The third kappa shape index (κ3) is 3.84. The van der Waals surface area contributed by atoms with Gasteiger partial charge < -0.3 is 14.6 Å². The lowest BCUT2D eigenvalue weighted by molar-refractivity contribution is -0.142. The highest BCUT2D eigenvalue weighted by Crippen LogP contribution is 2.29. The fourth-order valence-corrected chi connectivity index (χ4v) is 3.15. The van der Waals surface area contributed by atoms with Gasteiger partial charge in [0.25, 0.3) is 5.91 Å². The van der Waals surface area contributed by atoms with Gasteiger partial charge in [0.1, 0.15) is 16.7 Å². The van der Waals surface area contributed by atoms with Crippen molar-refractivity contribution in [1.82, 2.24) is 4.57 Å². The number of hydrogen-bond acceptors (Lipinski definition) is 3. The van der Waals surface area contributed by atoms with Crippen molar-refractivity contribution < 1.29 is 23.1 Å². The molecular weight excluding hydrogens is 390 g/mol. The monoisotopic (exact) mass is 406 g/mol. The number of aryl methyl sites for hydroxylation is 1. The summed E-state index contributed by atoms with van der Waals surface area (Å²) in [6.45, 7) is 1.85. The second-order valence-electron chi connectivity index (χ2n) is 6.15. The van der Waals surface area contributed by atoms with E-state index in [1.54, 1.807) is 24.7 Å². The molecule has 0 spiro atoms. The topological polar surface area (TPSA) is 60.3 Å². The number of nitrogens with zero attached hydrogens (tertiary/aromatic N) is 1. The molecule has 1 aromatic heterocycles. The number of ether oxygens (including phenoxy) is 1. The molecule has 146 valence electrons. The smallest absolute Gasteiger partial charge is 0.310 e. The van der Waals surface area contributed by atoms with Crippen LogP contribution in [-0.4, -0.2) is 23.1 Å². The van der Waals surface area contributed by atoms with Crippen LogP contribution in [0.5, 0.6) is 0 Å². The van der Waals surface area contributed by atoms with Crippen molar-refractivity contribution >= 4 is 40.1 Å². The van der Waals surface area contributed by atoms with E-state index in [0.29, 0.717) is 16.5 Å². The molecule has 0 atom stereocenters. The average Bonchev–Trinajstić information content (AvgIpc) is 2.98. The summed E-state index contributed by atoms with van der Waals surface area (Å²) in [7, 11) is 1.69. The summed E-state index contributed by atoms with van der Waals surface area (Å²) < 4.78 is 34.3. The molecule has 5 nitrogen and oxygen atoms in total. The molecule has 1 amide bonds. The van der Waals surface area contributed by atoms with E-state index < -0.39 is 23.5 Å². The Kier molecular flexibility index (Phi) is 5.65. The van der Waals surface area contributed by atoms with Crippen molar-refractivity contribution in [3.05, 3.63) is 64.3 Å². The third-order valence-electron chi connectivity index (χ3n) is 4.25. The first-order valence-electron chi connectivity index (χ1n) is 8.50.